The smallest absolute Gasteiger partial charge is 0.339 e. The highest BCUT2D eigenvalue weighted by molar-refractivity contribution is 6.74. The summed E-state index contributed by atoms with van der Waals surface area (Å²) < 4.78 is 10.8. The Kier molecular flexibility index (Phi) is 4.87. The Morgan fingerprint density at radius 1 is 1.32 bits per heavy atom. The molecule has 0 radical (unpaired) electrons. The maximum Gasteiger partial charge on any atom is 0.339 e. The van der Waals surface area contributed by atoms with Crippen molar-refractivity contribution in [2.24, 2.45) is 0 Å². The lowest BCUT2D eigenvalue weighted by molar-refractivity contribution is 0.0600. The van der Waals surface area contributed by atoms with E-state index in [0.717, 1.165) is 5.56 Å². The molecule has 0 fully saturated rings. The lowest BCUT2D eigenvalue weighted by Gasteiger charge is -2.36. The fourth-order valence-electron chi connectivity index (χ4n) is 1.28. The molecule has 0 saturated carbocycles. The van der Waals surface area contributed by atoms with Crippen LogP contribution in [0.3, 0.4) is 0 Å². The summed E-state index contributed by atoms with van der Waals surface area (Å²) in [6.45, 7) is 11.5. The van der Waals surface area contributed by atoms with Gasteiger partial charge in [0.15, 0.2) is 8.32 Å². The summed E-state index contributed by atoms with van der Waals surface area (Å²) in [5.74, 6) is -0.373. The molecule has 1 heterocycles. The van der Waals surface area contributed by atoms with Gasteiger partial charge in [0.05, 0.1) is 19.3 Å². The maximum absolute atomic E-state index is 11.4. The number of carbonyl (C=O) groups excluding carboxylic acids is 1. The van der Waals surface area contributed by atoms with Gasteiger partial charge in [0.2, 0.25) is 0 Å². The van der Waals surface area contributed by atoms with Gasteiger partial charge in [-0.05, 0) is 29.8 Å². The van der Waals surface area contributed by atoms with Gasteiger partial charge in [-0.2, -0.15) is 0 Å². The lowest BCUT2D eigenvalue weighted by Crippen LogP contribution is -2.40. The summed E-state index contributed by atoms with van der Waals surface area (Å²) in [5, 5.41) is 0.167. The van der Waals surface area contributed by atoms with Gasteiger partial charge < -0.3 is 9.16 Å². The van der Waals surface area contributed by atoms with E-state index < -0.39 is 8.32 Å². The van der Waals surface area contributed by atoms with Gasteiger partial charge in [-0.3, -0.25) is 4.98 Å². The van der Waals surface area contributed by atoms with Crippen molar-refractivity contribution in [3.63, 3.8) is 0 Å². The Bertz CT molecular complexity index is 452. The van der Waals surface area contributed by atoms with Crippen LogP contribution < -0.4 is 0 Å². The summed E-state index contributed by atoms with van der Waals surface area (Å²) in [5.41, 5.74) is 1.35. The van der Waals surface area contributed by atoms with Crippen molar-refractivity contribution in [3.05, 3.63) is 29.6 Å². The Balaban J connectivity index is 2.76. The minimum absolute atomic E-state index is 0.167. The SMILES string of the molecule is COC(=O)c1cncc(CO[Si](C)(C)C(C)(C)C)c1. The molecule has 0 aliphatic carbocycles. The fourth-order valence-corrected chi connectivity index (χ4v) is 2.24. The zero-order valence-electron chi connectivity index (χ0n) is 12.6. The number of esters is 1. The molecule has 106 valence electrons. The van der Waals surface area contributed by atoms with Crippen LogP contribution in [0, 0.1) is 0 Å². The summed E-state index contributed by atoms with van der Waals surface area (Å²) in [4.78, 5) is 15.5. The van der Waals surface area contributed by atoms with Crippen molar-refractivity contribution in [2.75, 3.05) is 7.11 Å². The molecule has 0 unspecified atom stereocenters. The molecule has 0 N–H and O–H groups in total. The Hall–Kier alpha value is -1.20. The lowest BCUT2D eigenvalue weighted by atomic mass is 10.2. The first-order chi connectivity index (χ1) is 8.67. The van der Waals surface area contributed by atoms with E-state index in [0.29, 0.717) is 12.2 Å². The van der Waals surface area contributed by atoms with E-state index in [4.69, 9.17) is 4.43 Å². The van der Waals surface area contributed by atoms with Crippen LogP contribution in [0.2, 0.25) is 18.1 Å². The highest BCUT2D eigenvalue weighted by Gasteiger charge is 2.37. The average molecular weight is 281 g/mol. The van der Waals surface area contributed by atoms with Crippen LogP contribution in [0.5, 0.6) is 0 Å². The van der Waals surface area contributed by atoms with E-state index in [1.54, 1.807) is 12.3 Å². The van der Waals surface area contributed by atoms with Crippen LogP contribution >= 0.6 is 0 Å². The van der Waals surface area contributed by atoms with E-state index in [1.807, 2.05) is 0 Å². The van der Waals surface area contributed by atoms with Crippen LogP contribution in [0.1, 0.15) is 36.7 Å². The Morgan fingerprint density at radius 3 is 2.47 bits per heavy atom. The molecule has 0 aliphatic rings. The minimum atomic E-state index is -1.78. The Morgan fingerprint density at radius 2 is 1.95 bits per heavy atom. The van der Waals surface area contributed by atoms with Crippen molar-refractivity contribution < 1.29 is 14.0 Å². The van der Waals surface area contributed by atoms with Crippen molar-refractivity contribution >= 4 is 14.3 Å². The van der Waals surface area contributed by atoms with Gasteiger partial charge in [0, 0.05) is 12.4 Å². The third kappa shape index (κ3) is 4.14. The molecular weight excluding hydrogens is 258 g/mol. The Labute approximate surface area is 116 Å². The third-order valence-electron chi connectivity index (χ3n) is 3.62. The average Bonchev–Trinajstić information content (AvgIpc) is 2.34. The van der Waals surface area contributed by atoms with Gasteiger partial charge in [0.1, 0.15) is 0 Å². The molecule has 0 saturated heterocycles. The highest BCUT2D eigenvalue weighted by Crippen LogP contribution is 2.37. The van der Waals surface area contributed by atoms with Gasteiger partial charge >= 0.3 is 5.97 Å². The topological polar surface area (TPSA) is 48.4 Å². The van der Waals surface area contributed by atoms with Crippen LogP contribution in [-0.4, -0.2) is 26.4 Å². The number of carbonyl (C=O) groups is 1. The first kappa shape index (κ1) is 15.9. The first-order valence-electron chi connectivity index (χ1n) is 6.33. The van der Waals surface area contributed by atoms with Gasteiger partial charge in [-0.15, -0.1) is 0 Å². The molecule has 0 aliphatic heterocycles. The van der Waals surface area contributed by atoms with Crippen molar-refractivity contribution in [1.29, 1.82) is 0 Å². The largest absolute Gasteiger partial charge is 0.465 e. The van der Waals surface area contributed by atoms with E-state index in [2.05, 4.69) is 43.6 Å². The molecule has 0 amide bonds. The summed E-state index contributed by atoms with van der Waals surface area (Å²) in [6.07, 6.45) is 3.22. The molecule has 1 aromatic heterocycles. The second-order valence-electron chi connectivity index (χ2n) is 6.12. The van der Waals surface area contributed by atoms with E-state index in [1.165, 1.54) is 13.3 Å². The third-order valence-corrected chi connectivity index (χ3v) is 8.10. The number of methoxy groups -OCH3 is 1. The quantitative estimate of drug-likeness (QED) is 0.627. The zero-order valence-corrected chi connectivity index (χ0v) is 13.6. The number of aromatic nitrogens is 1. The highest BCUT2D eigenvalue weighted by atomic mass is 28.4. The number of ether oxygens (including phenoxy) is 1. The molecule has 4 nitrogen and oxygen atoms in total. The maximum atomic E-state index is 11.4. The monoisotopic (exact) mass is 281 g/mol. The number of hydrogen-bond acceptors (Lipinski definition) is 4. The molecule has 0 atom stereocenters. The van der Waals surface area contributed by atoms with Crippen LogP contribution in [-0.2, 0) is 15.8 Å². The molecular formula is C14H23NO3Si. The molecule has 5 heteroatoms. The van der Waals surface area contributed by atoms with E-state index >= 15 is 0 Å². The normalized spacial score (nSPS) is 12.3. The molecule has 1 aromatic rings. The fraction of sp³-hybridized carbons (Fsp3) is 0.571. The van der Waals surface area contributed by atoms with Crippen molar-refractivity contribution in [2.45, 2.75) is 45.5 Å². The summed E-state index contributed by atoms with van der Waals surface area (Å²) in [6, 6.07) is 1.77. The molecule has 0 aromatic carbocycles. The van der Waals surface area contributed by atoms with E-state index in [-0.39, 0.29) is 11.0 Å². The number of nitrogens with zero attached hydrogens (tertiary/aromatic N) is 1. The van der Waals surface area contributed by atoms with E-state index in [9.17, 15) is 4.79 Å². The van der Waals surface area contributed by atoms with Gasteiger partial charge in [0.25, 0.3) is 0 Å². The first-order valence-corrected chi connectivity index (χ1v) is 9.24. The number of hydrogen-bond donors (Lipinski definition) is 0. The number of pyridine rings is 1. The molecule has 19 heavy (non-hydrogen) atoms. The standard InChI is InChI=1S/C14H23NO3Si/c1-14(2,3)19(5,6)18-10-11-7-12(9-15-8-11)13(16)17-4/h7-9H,10H2,1-6H3. The van der Waals surface area contributed by atoms with Gasteiger partial charge in [-0.1, -0.05) is 20.8 Å². The zero-order chi connectivity index (χ0) is 14.7. The van der Waals surface area contributed by atoms with Crippen LogP contribution in [0.4, 0.5) is 0 Å². The second-order valence-corrected chi connectivity index (χ2v) is 10.9. The number of rotatable bonds is 4. The summed E-state index contributed by atoms with van der Waals surface area (Å²) in [7, 11) is -0.422. The van der Waals surface area contributed by atoms with Crippen molar-refractivity contribution in [3.8, 4) is 0 Å². The van der Waals surface area contributed by atoms with Crippen LogP contribution in [0.15, 0.2) is 18.5 Å². The second kappa shape index (κ2) is 5.84. The molecule has 0 bridgehead atoms. The summed E-state index contributed by atoms with van der Waals surface area (Å²) >= 11 is 0. The molecule has 1 rings (SSSR count). The predicted molar refractivity (Wildman–Crippen MR) is 77.6 cm³/mol. The molecule has 0 spiro atoms. The van der Waals surface area contributed by atoms with Crippen LogP contribution in [0.25, 0.3) is 0 Å². The minimum Gasteiger partial charge on any atom is -0.465 e. The van der Waals surface area contributed by atoms with Gasteiger partial charge in [-0.25, -0.2) is 4.79 Å². The predicted octanol–water partition coefficient (Wildman–Crippen LogP) is 3.39. The van der Waals surface area contributed by atoms with Crippen molar-refractivity contribution in [1.82, 2.24) is 4.98 Å².